The molecule has 2 N–H and O–H groups in total. The van der Waals surface area contributed by atoms with E-state index in [9.17, 15) is 4.79 Å². The molecule has 9 heavy (non-hydrogen) atoms. The second-order valence-electron chi connectivity index (χ2n) is 1.15. The Bertz CT molecular complexity index is 92.6. The van der Waals surface area contributed by atoms with Crippen molar-refractivity contribution >= 4 is 17.7 Å². The zero-order chi connectivity index (χ0) is 6.57. The fourth-order valence-electron chi connectivity index (χ4n) is 0.229. The normalized spacial score (nSPS) is 11.8. The molecule has 0 saturated heterocycles. The van der Waals surface area contributed by atoms with Gasteiger partial charge in [0, 0.05) is 0 Å². The van der Waals surface area contributed by atoms with Crippen LogP contribution in [0, 0.1) is 0 Å². The average molecular weight is 176 g/mol. The van der Waals surface area contributed by atoms with Gasteiger partial charge >= 0.3 is 57.4 Å². The molecule has 1 atom stereocenters. The van der Waals surface area contributed by atoms with Crippen molar-refractivity contribution in [2.45, 2.75) is 12.4 Å². The zero-order valence-corrected chi connectivity index (χ0v) is 9.43. The number of aliphatic hydroxyl groups is 1. The number of thioether (sulfide) groups is 1. The van der Waals surface area contributed by atoms with Crippen LogP contribution in [-0.2, 0) is 4.79 Å². The molecule has 0 aromatic heterocycles. The maximum Gasteiger partial charge on any atom is 1.00 e. The van der Waals surface area contributed by atoms with Crippen LogP contribution in [0.5, 0.6) is 0 Å². The minimum atomic E-state index is -1.25. The van der Waals surface area contributed by atoms with Crippen LogP contribution in [-0.4, -0.2) is 27.4 Å². The molecule has 0 aliphatic rings. The Balaban J connectivity index is -0.000000245. The van der Waals surface area contributed by atoms with Gasteiger partial charge in [-0.15, -0.1) is 11.8 Å². The van der Waals surface area contributed by atoms with Crippen LogP contribution >= 0.6 is 11.8 Å². The SMILES string of the molecule is CCSC(O)C(=O)O.[H-].[K+]. The van der Waals surface area contributed by atoms with Crippen molar-refractivity contribution in [2.24, 2.45) is 0 Å². The van der Waals surface area contributed by atoms with Crippen molar-refractivity contribution in [1.82, 2.24) is 0 Å². The smallest absolute Gasteiger partial charge is 1.00 e. The minimum absolute atomic E-state index is 0. The first-order chi connectivity index (χ1) is 3.68. The van der Waals surface area contributed by atoms with Crippen molar-refractivity contribution in [3.8, 4) is 0 Å². The van der Waals surface area contributed by atoms with Gasteiger partial charge in [0.05, 0.1) is 0 Å². The van der Waals surface area contributed by atoms with Gasteiger partial charge in [0.2, 0.25) is 0 Å². The van der Waals surface area contributed by atoms with E-state index < -0.39 is 11.4 Å². The zero-order valence-electron chi connectivity index (χ0n) is 6.50. The van der Waals surface area contributed by atoms with E-state index in [2.05, 4.69) is 0 Å². The molecule has 0 spiro atoms. The summed E-state index contributed by atoms with van der Waals surface area (Å²) in [6, 6.07) is 0. The molecule has 0 aromatic rings. The van der Waals surface area contributed by atoms with Gasteiger partial charge < -0.3 is 11.6 Å². The van der Waals surface area contributed by atoms with E-state index in [1.54, 1.807) is 6.92 Å². The third-order valence-corrected chi connectivity index (χ3v) is 1.39. The van der Waals surface area contributed by atoms with Gasteiger partial charge in [-0.25, -0.2) is 4.79 Å². The van der Waals surface area contributed by atoms with Crippen molar-refractivity contribution in [3.63, 3.8) is 0 Å². The maximum absolute atomic E-state index is 9.82. The van der Waals surface area contributed by atoms with Crippen LogP contribution in [0.2, 0.25) is 0 Å². The Hall–Kier alpha value is 1.42. The first kappa shape index (κ1) is 13.0. The Morgan fingerprint density at radius 3 is 2.44 bits per heavy atom. The third-order valence-electron chi connectivity index (χ3n) is 0.536. The van der Waals surface area contributed by atoms with Crippen LogP contribution < -0.4 is 51.4 Å². The number of aliphatic carboxylic acids is 1. The summed E-state index contributed by atoms with van der Waals surface area (Å²) in [5.41, 5.74) is -1.25. The average Bonchev–Trinajstić information content (AvgIpc) is 1.67. The fraction of sp³-hybridized carbons (Fsp3) is 0.750. The first-order valence-corrected chi connectivity index (χ1v) is 3.25. The van der Waals surface area contributed by atoms with E-state index >= 15 is 0 Å². The molecule has 0 saturated carbocycles. The van der Waals surface area contributed by atoms with E-state index in [1.165, 1.54) is 0 Å². The second-order valence-corrected chi connectivity index (χ2v) is 2.50. The monoisotopic (exact) mass is 176 g/mol. The molecule has 0 aromatic carbocycles. The Kier molecular flexibility index (Phi) is 10.9. The largest absolute Gasteiger partial charge is 1.00 e. The topological polar surface area (TPSA) is 57.5 Å². The van der Waals surface area contributed by atoms with Gasteiger partial charge in [0.15, 0.2) is 5.44 Å². The molecule has 1 unspecified atom stereocenters. The summed E-state index contributed by atoms with van der Waals surface area (Å²) in [4.78, 5) is 9.82. The molecule has 0 fully saturated rings. The standard InChI is InChI=1S/C4H8O3S.K.H/c1-2-8-4(7)3(5)6;;/h4,7H,2H2,1H3,(H,5,6);;/q;+1;-1. The summed E-state index contributed by atoms with van der Waals surface area (Å²) in [5.74, 6) is -0.551. The van der Waals surface area contributed by atoms with Gasteiger partial charge in [-0.1, -0.05) is 6.92 Å². The molecule has 0 radical (unpaired) electrons. The molecule has 0 rings (SSSR count). The number of hydrogen-bond acceptors (Lipinski definition) is 3. The quantitative estimate of drug-likeness (QED) is 0.362. The number of rotatable bonds is 3. The first-order valence-electron chi connectivity index (χ1n) is 2.21. The van der Waals surface area contributed by atoms with E-state index in [1.807, 2.05) is 0 Å². The second kappa shape index (κ2) is 7.52. The number of carboxylic acid groups (broad SMARTS) is 1. The van der Waals surface area contributed by atoms with Crippen molar-refractivity contribution < 1.29 is 67.8 Å². The van der Waals surface area contributed by atoms with Gasteiger partial charge in [0.1, 0.15) is 0 Å². The van der Waals surface area contributed by atoms with Gasteiger partial charge in [-0.3, -0.25) is 0 Å². The van der Waals surface area contributed by atoms with Crippen LogP contribution in [0.1, 0.15) is 8.35 Å². The van der Waals surface area contributed by atoms with Crippen LogP contribution in [0.25, 0.3) is 0 Å². The molecular weight excluding hydrogens is 167 g/mol. The number of aliphatic hydroxyl groups excluding tert-OH is 1. The molecule has 0 heterocycles. The summed E-state index contributed by atoms with van der Waals surface area (Å²) in [5, 5.41) is 16.5. The maximum atomic E-state index is 9.82. The van der Waals surface area contributed by atoms with Crippen LogP contribution in [0.15, 0.2) is 0 Å². The summed E-state index contributed by atoms with van der Waals surface area (Å²) in [7, 11) is 0. The van der Waals surface area contributed by atoms with Gasteiger partial charge in [-0.2, -0.15) is 0 Å². The molecular formula is C4H9KO3S. The molecule has 0 amide bonds. The number of carbonyl (C=O) groups is 1. The van der Waals surface area contributed by atoms with E-state index in [0.717, 1.165) is 11.8 Å². The van der Waals surface area contributed by atoms with E-state index in [-0.39, 0.29) is 52.8 Å². The minimum Gasteiger partial charge on any atom is -1.00 e. The Morgan fingerprint density at radius 2 is 2.33 bits per heavy atom. The van der Waals surface area contributed by atoms with Crippen LogP contribution in [0.4, 0.5) is 0 Å². The summed E-state index contributed by atoms with van der Waals surface area (Å²) in [6.07, 6.45) is 0. The molecule has 0 aliphatic heterocycles. The van der Waals surface area contributed by atoms with Crippen molar-refractivity contribution in [2.75, 3.05) is 5.75 Å². The van der Waals surface area contributed by atoms with E-state index in [4.69, 9.17) is 10.2 Å². The van der Waals surface area contributed by atoms with Gasteiger partial charge in [-0.05, 0) is 5.75 Å². The summed E-state index contributed by atoms with van der Waals surface area (Å²) < 4.78 is 0. The molecule has 0 bridgehead atoms. The third kappa shape index (κ3) is 7.31. The summed E-state index contributed by atoms with van der Waals surface area (Å²) >= 11 is 0.995. The fourth-order valence-corrected chi connectivity index (χ4v) is 0.687. The summed E-state index contributed by atoms with van der Waals surface area (Å²) in [6.45, 7) is 1.79. The molecule has 0 aliphatic carbocycles. The Morgan fingerprint density at radius 1 is 1.89 bits per heavy atom. The molecule has 5 heteroatoms. The van der Waals surface area contributed by atoms with E-state index in [0.29, 0.717) is 5.75 Å². The van der Waals surface area contributed by atoms with Crippen molar-refractivity contribution in [3.05, 3.63) is 0 Å². The predicted molar refractivity (Wildman–Crippen MR) is 32.9 cm³/mol. The molecule has 50 valence electrons. The number of hydrogen-bond donors (Lipinski definition) is 2. The predicted octanol–water partition coefficient (Wildman–Crippen LogP) is -2.74. The number of carboxylic acids is 1. The molecule has 3 nitrogen and oxygen atoms in total. The van der Waals surface area contributed by atoms with Crippen LogP contribution in [0.3, 0.4) is 0 Å². The van der Waals surface area contributed by atoms with Gasteiger partial charge in [0.25, 0.3) is 0 Å². The van der Waals surface area contributed by atoms with Crippen molar-refractivity contribution in [1.29, 1.82) is 0 Å². The Labute approximate surface area is 102 Å².